The minimum atomic E-state index is -0.438. The second-order valence-electron chi connectivity index (χ2n) is 5.64. The molecule has 1 N–H and O–H groups in total. The van der Waals surface area contributed by atoms with Gasteiger partial charge in [-0.05, 0) is 24.3 Å². The minimum absolute atomic E-state index is 0.279. The number of oxazole rings is 1. The van der Waals surface area contributed by atoms with E-state index >= 15 is 0 Å². The predicted molar refractivity (Wildman–Crippen MR) is 85.6 cm³/mol. The Morgan fingerprint density at radius 2 is 2.00 bits per heavy atom. The molecule has 110 valence electrons. The number of hydrogen-bond acceptors (Lipinski definition) is 3. The van der Waals surface area contributed by atoms with E-state index in [9.17, 15) is 4.79 Å². The van der Waals surface area contributed by atoms with E-state index < -0.39 is 5.76 Å². The Morgan fingerprint density at radius 3 is 2.82 bits per heavy atom. The summed E-state index contributed by atoms with van der Waals surface area (Å²) in [4.78, 5) is 18.7. The highest BCUT2D eigenvalue weighted by Crippen LogP contribution is 2.27. The molecule has 0 saturated heterocycles. The number of nitrogens with one attached hydrogen (secondary N) is 1. The maximum Gasteiger partial charge on any atom is 0.417 e. The van der Waals surface area contributed by atoms with Crippen LogP contribution in [0.15, 0.2) is 51.7 Å². The van der Waals surface area contributed by atoms with Gasteiger partial charge in [0, 0.05) is 12.0 Å². The fourth-order valence-electron chi connectivity index (χ4n) is 2.78. The zero-order chi connectivity index (χ0) is 15.3. The van der Waals surface area contributed by atoms with Gasteiger partial charge >= 0.3 is 5.76 Å². The molecule has 0 atom stereocenters. The summed E-state index contributed by atoms with van der Waals surface area (Å²) >= 11 is 0. The van der Waals surface area contributed by atoms with Crippen molar-refractivity contribution in [3.8, 4) is 5.69 Å². The van der Waals surface area contributed by atoms with E-state index in [4.69, 9.17) is 9.40 Å². The van der Waals surface area contributed by atoms with Crippen molar-refractivity contribution in [1.82, 2.24) is 14.5 Å². The average Bonchev–Trinajstić information content (AvgIpc) is 3.05. The average molecular weight is 293 g/mol. The van der Waals surface area contributed by atoms with Crippen molar-refractivity contribution in [2.24, 2.45) is 0 Å². The molecule has 4 rings (SSSR count). The molecule has 0 unspecified atom stereocenters. The fraction of sp³-hybridized carbons (Fsp3) is 0.176. The highest BCUT2D eigenvalue weighted by atomic mass is 16.4. The molecular formula is C17H15N3O2. The Bertz CT molecular complexity index is 1040. The number of imidazole rings is 1. The van der Waals surface area contributed by atoms with Gasteiger partial charge in [-0.3, -0.25) is 9.55 Å². The Kier molecular flexibility index (Phi) is 2.69. The maximum atomic E-state index is 11.3. The van der Waals surface area contributed by atoms with Crippen LogP contribution in [-0.2, 0) is 0 Å². The molecule has 5 heteroatoms. The Morgan fingerprint density at radius 1 is 1.18 bits per heavy atom. The summed E-state index contributed by atoms with van der Waals surface area (Å²) in [6.45, 7) is 4.24. The molecule has 0 amide bonds. The zero-order valence-electron chi connectivity index (χ0n) is 12.3. The van der Waals surface area contributed by atoms with E-state index in [0.29, 0.717) is 11.1 Å². The van der Waals surface area contributed by atoms with Gasteiger partial charge in [-0.15, -0.1) is 0 Å². The van der Waals surface area contributed by atoms with Crippen LogP contribution < -0.4 is 5.76 Å². The summed E-state index contributed by atoms with van der Waals surface area (Å²) in [6, 6.07) is 13.7. The lowest BCUT2D eigenvalue weighted by atomic mass is 10.2. The van der Waals surface area contributed by atoms with Gasteiger partial charge < -0.3 is 4.42 Å². The van der Waals surface area contributed by atoms with E-state index in [1.807, 2.05) is 42.5 Å². The van der Waals surface area contributed by atoms with E-state index in [-0.39, 0.29) is 5.92 Å². The number of rotatable bonds is 2. The number of nitrogens with zero attached hydrogens (tertiary/aromatic N) is 2. The molecule has 2 aromatic heterocycles. The molecule has 5 nitrogen and oxygen atoms in total. The quantitative estimate of drug-likeness (QED) is 0.614. The summed E-state index contributed by atoms with van der Waals surface area (Å²) in [5, 5.41) is 0. The second-order valence-corrected chi connectivity index (χ2v) is 5.64. The number of benzene rings is 2. The summed E-state index contributed by atoms with van der Waals surface area (Å²) in [6.07, 6.45) is 0. The number of hydrogen-bond donors (Lipinski definition) is 1. The van der Waals surface area contributed by atoms with Gasteiger partial charge in [-0.2, -0.15) is 0 Å². The SMILES string of the molecule is CC(C)c1nc2ccccc2n1-c1ccc2[nH]c(=O)oc2c1. The molecule has 0 bridgehead atoms. The van der Waals surface area contributed by atoms with Gasteiger partial charge in [0.2, 0.25) is 0 Å². The van der Waals surface area contributed by atoms with E-state index in [2.05, 4.69) is 23.4 Å². The van der Waals surface area contributed by atoms with Crippen molar-refractivity contribution in [3.63, 3.8) is 0 Å². The third-order valence-electron chi connectivity index (χ3n) is 3.77. The Balaban J connectivity index is 2.05. The second kappa shape index (κ2) is 4.59. The van der Waals surface area contributed by atoms with E-state index in [0.717, 1.165) is 22.5 Å². The van der Waals surface area contributed by atoms with Crippen molar-refractivity contribution in [2.75, 3.05) is 0 Å². The number of H-pyrrole nitrogens is 1. The first-order valence-corrected chi connectivity index (χ1v) is 7.24. The Hall–Kier alpha value is -2.82. The fourth-order valence-corrected chi connectivity index (χ4v) is 2.78. The first-order chi connectivity index (χ1) is 10.6. The molecule has 0 aliphatic heterocycles. The van der Waals surface area contributed by atoms with Crippen molar-refractivity contribution >= 4 is 22.1 Å². The van der Waals surface area contributed by atoms with Crippen LogP contribution in [0.2, 0.25) is 0 Å². The van der Waals surface area contributed by atoms with Gasteiger partial charge in [0.25, 0.3) is 0 Å². The molecule has 0 spiro atoms. The monoisotopic (exact) mass is 293 g/mol. The molecule has 0 saturated carbocycles. The van der Waals surface area contributed by atoms with Gasteiger partial charge in [0.1, 0.15) is 5.82 Å². The van der Waals surface area contributed by atoms with Crippen LogP contribution in [0.4, 0.5) is 0 Å². The lowest BCUT2D eigenvalue weighted by Crippen LogP contribution is -2.02. The van der Waals surface area contributed by atoms with Crippen LogP contribution in [0.25, 0.3) is 27.8 Å². The molecule has 22 heavy (non-hydrogen) atoms. The lowest BCUT2D eigenvalue weighted by molar-refractivity contribution is 0.555. The van der Waals surface area contributed by atoms with Crippen LogP contribution in [0.1, 0.15) is 25.6 Å². The van der Waals surface area contributed by atoms with Crippen LogP contribution in [-0.4, -0.2) is 14.5 Å². The lowest BCUT2D eigenvalue weighted by Gasteiger charge is -2.11. The zero-order valence-corrected chi connectivity index (χ0v) is 12.3. The minimum Gasteiger partial charge on any atom is -0.408 e. The Labute approximate surface area is 126 Å². The smallest absolute Gasteiger partial charge is 0.408 e. The highest BCUT2D eigenvalue weighted by molar-refractivity contribution is 5.81. The number of aromatic amines is 1. The molecule has 0 aliphatic rings. The summed E-state index contributed by atoms with van der Waals surface area (Å²) in [7, 11) is 0. The van der Waals surface area contributed by atoms with Crippen molar-refractivity contribution in [1.29, 1.82) is 0 Å². The number of fused-ring (bicyclic) bond motifs is 2. The first-order valence-electron chi connectivity index (χ1n) is 7.24. The van der Waals surface area contributed by atoms with Gasteiger partial charge in [-0.25, -0.2) is 9.78 Å². The summed E-state index contributed by atoms with van der Waals surface area (Å²) in [5.74, 6) is 0.825. The third kappa shape index (κ3) is 1.86. The molecule has 0 fully saturated rings. The normalized spacial score (nSPS) is 11.8. The van der Waals surface area contributed by atoms with Crippen molar-refractivity contribution in [2.45, 2.75) is 19.8 Å². The van der Waals surface area contributed by atoms with E-state index in [1.165, 1.54) is 0 Å². The van der Waals surface area contributed by atoms with Gasteiger partial charge in [0.05, 0.1) is 22.2 Å². The molecule has 4 aromatic rings. The van der Waals surface area contributed by atoms with E-state index in [1.54, 1.807) is 0 Å². The molecule has 2 heterocycles. The molecule has 2 aromatic carbocycles. The molecular weight excluding hydrogens is 278 g/mol. The highest BCUT2D eigenvalue weighted by Gasteiger charge is 2.15. The number of para-hydroxylation sites is 2. The van der Waals surface area contributed by atoms with Crippen molar-refractivity contribution < 1.29 is 4.42 Å². The molecule has 0 aliphatic carbocycles. The third-order valence-corrected chi connectivity index (χ3v) is 3.77. The van der Waals surface area contributed by atoms with Gasteiger partial charge in [-0.1, -0.05) is 26.0 Å². The number of aromatic nitrogens is 3. The summed E-state index contributed by atoms with van der Waals surface area (Å²) < 4.78 is 7.29. The topological polar surface area (TPSA) is 63.8 Å². The van der Waals surface area contributed by atoms with Crippen LogP contribution >= 0.6 is 0 Å². The van der Waals surface area contributed by atoms with Crippen LogP contribution in [0, 0.1) is 0 Å². The van der Waals surface area contributed by atoms with Crippen LogP contribution in [0.5, 0.6) is 0 Å². The first kappa shape index (κ1) is 12.9. The molecule has 0 radical (unpaired) electrons. The van der Waals surface area contributed by atoms with Crippen LogP contribution in [0.3, 0.4) is 0 Å². The standard InChI is InChI=1S/C17H15N3O2/c1-10(2)16-18-12-5-3-4-6-14(12)20(16)11-7-8-13-15(9-11)22-17(21)19-13/h3-10H,1-2H3,(H,19,21). The van der Waals surface area contributed by atoms with Crippen molar-refractivity contribution in [3.05, 3.63) is 58.8 Å². The largest absolute Gasteiger partial charge is 0.417 e. The summed E-state index contributed by atoms with van der Waals surface area (Å²) in [5.41, 5.74) is 4.19. The maximum absolute atomic E-state index is 11.3. The van der Waals surface area contributed by atoms with Gasteiger partial charge in [0.15, 0.2) is 5.58 Å². The predicted octanol–water partition coefficient (Wildman–Crippen LogP) is 3.58.